The van der Waals surface area contributed by atoms with E-state index in [-0.39, 0.29) is 18.2 Å². The highest BCUT2D eigenvalue weighted by molar-refractivity contribution is 5.98. The number of nitrogens with two attached hydrogens (primary N) is 1. The molecule has 0 saturated heterocycles. The van der Waals surface area contributed by atoms with Crippen LogP contribution in [0.25, 0.3) is 0 Å². The Morgan fingerprint density at radius 2 is 1.93 bits per heavy atom. The summed E-state index contributed by atoms with van der Waals surface area (Å²) < 4.78 is 0. The zero-order chi connectivity index (χ0) is 11.3. The molecule has 4 heteroatoms. The van der Waals surface area contributed by atoms with Crippen molar-refractivity contribution in [2.24, 2.45) is 5.73 Å². The molecule has 4 nitrogen and oxygen atoms in total. The molecule has 0 radical (unpaired) electrons. The third kappa shape index (κ3) is 3.64. The molecule has 3 N–H and O–H groups in total. The van der Waals surface area contributed by atoms with E-state index in [0.29, 0.717) is 5.69 Å². The van der Waals surface area contributed by atoms with E-state index in [1.807, 2.05) is 0 Å². The molecule has 0 aliphatic rings. The topological polar surface area (TPSA) is 72.2 Å². The van der Waals surface area contributed by atoms with E-state index in [2.05, 4.69) is 11.9 Å². The summed E-state index contributed by atoms with van der Waals surface area (Å²) in [5.74, 6) is -0.643. The first kappa shape index (κ1) is 11.0. The molecule has 0 heterocycles. The highest BCUT2D eigenvalue weighted by atomic mass is 16.1. The maximum Gasteiger partial charge on any atom is 0.247 e. The summed E-state index contributed by atoms with van der Waals surface area (Å²) in [6.07, 6.45) is 1.40. The summed E-state index contributed by atoms with van der Waals surface area (Å²) in [4.78, 5) is 21.6. The summed E-state index contributed by atoms with van der Waals surface area (Å²) in [7, 11) is 0. The molecule has 0 saturated carbocycles. The van der Waals surface area contributed by atoms with Crippen LogP contribution in [0.4, 0.5) is 5.69 Å². The van der Waals surface area contributed by atoms with E-state index in [4.69, 9.17) is 5.73 Å². The number of hydrogen-bond acceptors (Lipinski definition) is 2. The van der Waals surface area contributed by atoms with Crippen LogP contribution in [-0.2, 0) is 16.0 Å². The lowest BCUT2D eigenvalue weighted by atomic mass is 10.1. The van der Waals surface area contributed by atoms with Gasteiger partial charge in [0.05, 0.1) is 6.42 Å². The van der Waals surface area contributed by atoms with Crippen molar-refractivity contribution >= 4 is 17.5 Å². The van der Waals surface area contributed by atoms with E-state index in [1.165, 1.54) is 6.08 Å². The second-order valence-corrected chi connectivity index (χ2v) is 3.03. The number of hydrogen-bond donors (Lipinski definition) is 2. The monoisotopic (exact) mass is 204 g/mol. The van der Waals surface area contributed by atoms with Crippen molar-refractivity contribution in [3.8, 4) is 0 Å². The molecule has 1 aromatic carbocycles. The fourth-order valence-corrected chi connectivity index (χ4v) is 1.10. The summed E-state index contributed by atoms with van der Waals surface area (Å²) in [6.45, 7) is 3.34. The lowest BCUT2D eigenvalue weighted by Crippen LogP contribution is -2.13. The molecule has 1 aromatic rings. The van der Waals surface area contributed by atoms with Gasteiger partial charge in [0, 0.05) is 5.69 Å². The molecule has 0 fully saturated rings. The predicted molar refractivity (Wildman–Crippen MR) is 58.2 cm³/mol. The van der Waals surface area contributed by atoms with Crippen LogP contribution in [0, 0.1) is 0 Å². The fraction of sp³-hybridized carbons (Fsp3) is 0.0909. The largest absolute Gasteiger partial charge is 0.369 e. The molecular weight excluding hydrogens is 192 g/mol. The van der Waals surface area contributed by atoms with Crippen LogP contribution in [0.5, 0.6) is 0 Å². The van der Waals surface area contributed by atoms with Gasteiger partial charge in [-0.25, -0.2) is 0 Å². The summed E-state index contributed by atoms with van der Waals surface area (Å²) >= 11 is 0. The molecular formula is C11H12N2O2. The van der Waals surface area contributed by atoms with E-state index in [1.54, 1.807) is 24.3 Å². The minimum atomic E-state index is -0.377. The molecule has 0 aromatic heterocycles. The van der Waals surface area contributed by atoms with Crippen LogP contribution in [0.3, 0.4) is 0 Å². The fourth-order valence-electron chi connectivity index (χ4n) is 1.10. The number of primary amides is 1. The van der Waals surface area contributed by atoms with Crippen molar-refractivity contribution < 1.29 is 9.59 Å². The standard InChI is InChI=1S/C11H12N2O2/c1-2-11(15)13-9-5-3-8(4-6-9)7-10(12)14/h2-6H,1,7H2,(H2,12,14)(H,13,15). The molecule has 0 aliphatic heterocycles. The first-order valence-electron chi connectivity index (χ1n) is 4.42. The van der Waals surface area contributed by atoms with Crippen molar-refractivity contribution in [1.82, 2.24) is 0 Å². The van der Waals surface area contributed by atoms with Gasteiger partial charge in [0.2, 0.25) is 11.8 Å². The molecule has 0 spiro atoms. The predicted octanol–water partition coefficient (Wildman–Crippen LogP) is 0.839. The normalized spacial score (nSPS) is 9.33. The molecule has 0 unspecified atom stereocenters. The number of carbonyl (C=O) groups is 2. The van der Waals surface area contributed by atoms with Gasteiger partial charge in [-0.05, 0) is 23.8 Å². The number of nitrogens with one attached hydrogen (secondary N) is 1. The summed E-state index contributed by atoms with van der Waals surface area (Å²) in [5.41, 5.74) is 6.52. The Hall–Kier alpha value is -2.10. The highest BCUT2D eigenvalue weighted by Gasteiger charge is 1.99. The van der Waals surface area contributed by atoms with Gasteiger partial charge in [-0.3, -0.25) is 9.59 Å². The van der Waals surface area contributed by atoms with Gasteiger partial charge < -0.3 is 11.1 Å². The number of carbonyl (C=O) groups excluding carboxylic acids is 2. The van der Waals surface area contributed by atoms with Crippen molar-refractivity contribution in [2.75, 3.05) is 5.32 Å². The smallest absolute Gasteiger partial charge is 0.247 e. The lowest BCUT2D eigenvalue weighted by molar-refractivity contribution is -0.117. The Morgan fingerprint density at radius 1 is 1.33 bits per heavy atom. The molecule has 15 heavy (non-hydrogen) atoms. The molecule has 0 bridgehead atoms. The lowest BCUT2D eigenvalue weighted by Gasteiger charge is -2.03. The average molecular weight is 204 g/mol. The van der Waals surface area contributed by atoms with Crippen LogP contribution in [-0.4, -0.2) is 11.8 Å². The SMILES string of the molecule is C=CC(=O)Nc1ccc(CC(N)=O)cc1. The van der Waals surface area contributed by atoms with Gasteiger partial charge in [-0.2, -0.15) is 0 Å². The zero-order valence-corrected chi connectivity index (χ0v) is 8.19. The van der Waals surface area contributed by atoms with Crippen molar-refractivity contribution in [1.29, 1.82) is 0 Å². The Labute approximate surface area is 87.8 Å². The molecule has 0 atom stereocenters. The van der Waals surface area contributed by atoms with Crippen molar-refractivity contribution in [3.05, 3.63) is 42.5 Å². The average Bonchev–Trinajstić information content (AvgIpc) is 2.20. The van der Waals surface area contributed by atoms with Gasteiger partial charge >= 0.3 is 0 Å². The third-order valence-electron chi connectivity index (χ3n) is 1.79. The van der Waals surface area contributed by atoms with Crippen LogP contribution >= 0.6 is 0 Å². The Kier molecular flexibility index (Phi) is 3.62. The number of amides is 2. The first-order valence-corrected chi connectivity index (χ1v) is 4.42. The maximum atomic E-state index is 10.9. The minimum Gasteiger partial charge on any atom is -0.369 e. The number of anilines is 1. The van der Waals surface area contributed by atoms with Crippen LogP contribution in [0.15, 0.2) is 36.9 Å². The van der Waals surface area contributed by atoms with E-state index >= 15 is 0 Å². The Balaban J connectivity index is 2.67. The van der Waals surface area contributed by atoms with E-state index < -0.39 is 0 Å². The van der Waals surface area contributed by atoms with Gasteiger partial charge in [-0.15, -0.1) is 0 Å². The quantitative estimate of drug-likeness (QED) is 0.713. The Bertz CT molecular complexity index is 382. The van der Waals surface area contributed by atoms with Crippen LogP contribution in [0.1, 0.15) is 5.56 Å². The number of rotatable bonds is 4. The minimum absolute atomic E-state index is 0.204. The number of benzene rings is 1. The maximum absolute atomic E-state index is 10.9. The molecule has 0 aliphatic carbocycles. The zero-order valence-electron chi connectivity index (χ0n) is 8.19. The Morgan fingerprint density at radius 3 is 2.40 bits per heavy atom. The molecule has 2 amide bonds. The highest BCUT2D eigenvalue weighted by Crippen LogP contribution is 2.09. The second-order valence-electron chi connectivity index (χ2n) is 3.03. The first-order chi connectivity index (χ1) is 7.11. The molecule has 1 rings (SSSR count). The van der Waals surface area contributed by atoms with E-state index in [9.17, 15) is 9.59 Å². The van der Waals surface area contributed by atoms with Gasteiger partial charge in [-0.1, -0.05) is 18.7 Å². The van der Waals surface area contributed by atoms with Gasteiger partial charge in [0.1, 0.15) is 0 Å². The van der Waals surface area contributed by atoms with Gasteiger partial charge in [0.25, 0.3) is 0 Å². The van der Waals surface area contributed by atoms with E-state index in [0.717, 1.165) is 5.56 Å². The second kappa shape index (κ2) is 4.95. The summed E-state index contributed by atoms with van der Waals surface area (Å²) in [5, 5.41) is 2.60. The van der Waals surface area contributed by atoms with Crippen molar-refractivity contribution in [2.45, 2.75) is 6.42 Å². The van der Waals surface area contributed by atoms with Crippen molar-refractivity contribution in [3.63, 3.8) is 0 Å². The van der Waals surface area contributed by atoms with Gasteiger partial charge in [0.15, 0.2) is 0 Å². The molecule has 78 valence electrons. The summed E-state index contributed by atoms with van der Waals surface area (Å²) in [6, 6.07) is 6.90. The third-order valence-corrected chi connectivity index (χ3v) is 1.79. The van der Waals surface area contributed by atoms with Crippen LogP contribution in [0.2, 0.25) is 0 Å². The van der Waals surface area contributed by atoms with Crippen LogP contribution < -0.4 is 11.1 Å².